The molecule has 1 heterocycles. The number of carbonyl (C=O) groups is 1. The maximum Gasteiger partial charge on any atom is 0.187 e. The Labute approximate surface area is 145 Å². The SMILES string of the molecule is O=C1C(=Cc2ccccc2Cl)CNCC1=Cc1ccccc1Cl. The number of halogens is 2. The van der Waals surface area contributed by atoms with Crippen LogP contribution >= 0.6 is 23.2 Å². The Balaban J connectivity index is 1.93. The Morgan fingerprint density at radius 3 is 1.65 bits per heavy atom. The van der Waals surface area contributed by atoms with Gasteiger partial charge in [-0.25, -0.2) is 0 Å². The average Bonchev–Trinajstić information content (AvgIpc) is 2.55. The van der Waals surface area contributed by atoms with Crippen LogP contribution in [0.5, 0.6) is 0 Å². The van der Waals surface area contributed by atoms with Gasteiger partial charge in [-0.05, 0) is 35.4 Å². The van der Waals surface area contributed by atoms with Crippen molar-refractivity contribution in [3.8, 4) is 0 Å². The van der Waals surface area contributed by atoms with Gasteiger partial charge in [0.1, 0.15) is 0 Å². The maximum absolute atomic E-state index is 12.7. The number of carbonyl (C=O) groups excluding carboxylic acids is 1. The molecule has 0 saturated carbocycles. The van der Waals surface area contributed by atoms with Gasteiger partial charge in [0.2, 0.25) is 0 Å². The van der Waals surface area contributed by atoms with Crippen LogP contribution in [0.3, 0.4) is 0 Å². The number of hydrogen-bond donors (Lipinski definition) is 1. The normalized spacial score (nSPS) is 18.6. The fraction of sp³-hybridized carbons (Fsp3) is 0.105. The van der Waals surface area contributed by atoms with Gasteiger partial charge in [-0.2, -0.15) is 0 Å². The topological polar surface area (TPSA) is 29.1 Å². The standard InChI is InChI=1S/C19H15Cl2NO/c20-17-7-3-1-5-13(17)9-15-11-22-12-16(19(15)23)10-14-6-2-4-8-18(14)21/h1-10,22H,11-12H2. The van der Waals surface area contributed by atoms with Gasteiger partial charge in [0.25, 0.3) is 0 Å². The van der Waals surface area contributed by atoms with Crippen molar-refractivity contribution in [2.24, 2.45) is 0 Å². The van der Waals surface area contributed by atoms with E-state index in [1.54, 1.807) is 0 Å². The van der Waals surface area contributed by atoms with Crippen molar-refractivity contribution in [2.45, 2.75) is 0 Å². The van der Waals surface area contributed by atoms with E-state index in [2.05, 4.69) is 5.32 Å². The van der Waals surface area contributed by atoms with Crippen molar-refractivity contribution >= 4 is 41.1 Å². The summed E-state index contributed by atoms with van der Waals surface area (Å²) >= 11 is 12.3. The van der Waals surface area contributed by atoms with Crippen molar-refractivity contribution in [1.82, 2.24) is 5.32 Å². The van der Waals surface area contributed by atoms with Crippen molar-refractivity contribution in [1.29, 1.82) is 0 Å². The third kappa shape index (κ3) is 3.73. The summed E-state index contributed by atoms with van der Waals surface area (Å²) < 4.78 is 0. The fourth-order valence-electron chi connectivity index (χ4n) is 2.49. The van der Waals surface area contributed by atoms with Crippen molar-refractivity contribution in [3.63, 3.8) is 0 Å². The highest BCUT2D eigenvalue weighted by atomic mass is 35.5. The lowest BCUT2D eigenvalue weighted by Gasteiger charge is -2.18. The molecule has 116 valence electrons. The van der Waals surface area contributed by atoms with Gasteiger partial charge in [0, 0.05) is 34.3 Å². The monoisotopic (exact) mass is 343 g/mol. The van der Waals surface area contributed by atoms with E-state index in [0.29, 0.717) is 34.3 Å². The Kier molecular flexibility index (Phi) is 4.97. The summed E-state index contributed by atoms with van der Waals surface area (Å²) in [6, 6.07) is 15.0. The van der Waals surface area contributed by atoms with Crippen LogP contribution in [0.25, 0.3) is 12.2 Å². The number of ketones is 1. The lowest BCUT2D eigenvalue weighted by molar-refractivity contribution is -0.112. The zero-order chi connectivity index (χ0) is 16.2. The minimum Gasteiger partial charge on any atom is -0.308 e. The summed E-state index contributed by atoms with van der Waals surface area (Å²) in [5.41, 5.74) is 3.09. The van der Waals surface area contributed by atoms with Gasteiger partial charge in [-0.3, -0.25) is 4.79 Å². The Bertz CT molecular complexity index is 743. The zero-order valence-electron chi connectivity index (χ0n) is 12.4. The van der Waals surface area contributed by atoms with Crippen LogP contribution in [-0.2, 0) is 4.79 Å². The van der Waals surface area contributed by atoms with Crippen LogP contribution in [0.1, 0.15) is 11.1 Å². The number of hydrogen-bond acceptors (Lipinski definition) is 2. The predicted octanol–water partition coefficient (Wildman–Crippen LogP) is 4.63. The third-order valence-corrected chi connectivity index (χ3v) is 4.37. The number of piperidine rings is 1. The number of Topliss-reactive ketones (excluding diaryl/α,β-unsaturated/α-hetero) is 1. The minimum absolute atomic E-state index is 0.0311. The van der Waals surface area contributed by atoms with Gasteiger partial charge in [0.15, 0.2) is 5.78 Å². The molecule has 23 heavy (non-hydrogen) atoms. The summed E-state index contributed by atoms with van der Waals surface area (Å²) in [5.74, 6) is 0.0311. The smallest absolute Gasteiger partial charge is 0.187 e. The lowest BCUT2D eigenvalue weighted by atomic mass is 9.95. The molecule has 2 aromatic rings. The molecule has 3 rings (SSSR count). The van der Waals surface area contributed by atoms with Crippen molar-refractivity contribution in [2.75, 3.05) is 13.1 Å². The van der Waals surface area contributed by atoms with Gasteiger partial charge >= 0.3 is 0 Å². The number of nitrogens with one attached hydrogen (secondary N) is 1. The fourth-order valence-corrected chi connectivity index (χ4v) is 2.87. The molecule has 0 amide bonds. The summed E-state index contributed by atoms with van der Waals surface area (Å²) in [6.45, 7) is 1.06. The maximum atomic E-state index is 12.7. The Hall–Kier alpha value is -1.87. The first-order valence-electron chi connectivity index (χ1n) is 7.31. The average molecular weight is 344 g/mol. The van der Waals surface area contributed by atoms with E-state index < -0.39 is 0 Å². The van der Waals surface area contributed by atoms with E-state index in [9.17, 15) is 4.79 Å². The molecule has 1 aliphatic heterocycles. The second-order valence-corrected chi connectivity index (χ2v) is 6.13. The molecule has 0 bridgehead atoms. The molecule has 2 nitrogen and oxygen atoms in total. The molecular formula is C19H15Cl2NO. The van der Waals surface area contributed by atoms with Crippen LogP contribution in [0.15, 0.2) is 59.7 Å². The van der Waals surface area contributed by atoms with Crippen LogP contribution < -0.4 is 5.32 Å². The predicted molar refractivity (Wildman–Crippen MR) is 96.7 cm³/mol. The van der Waals surface area contributed by atoms with Crippen LogP contribution in [0.2, 0.25) is 10.0 Å². The first kappa shape index (κ1) is 16.0. The molecule has 0 unspecified atom stereocenters. The van der Waals surface area contributed by atoms with E-state index in [-0.39, 0.29) is 5.78 Å². The molecule has 1 fully saturated rings. The molecule has 4 heteroatoms. The quantitative estimate of drug-likeness (QED) is 0.805. The number of rotatable bonds is 2. The molecule has 0 radical (unpaired) electrons. The molecule has 0 aromatic heterocycles. The van der Waals surface area contributed by atoms with Gasteiger partial charge < -0.3 is 5.32 Å². The van der Waals surface area contributed by atoms with Crippen LogP contribution in [0.4, 0.5) is 0 Å². The third-order valence-electron chi connectivity index (χ3n) is 3.68. The van der Waals surface area contributed by atoms with Crippen LogP contribution in [0, 0.1) is 0 Å². The number of benzene rings is 2. The Morgan fingerprint density at radius 2 is 1.22 bits per heavy atom. The molecule has 1 N–H and O–H groups in total. The van der Waals surface area contributed by atoms with Gasteiger partial charge in [-0.1, -0.05) is 59.6 Å². The highest BCUT2D eigenvalue weighted by molar-refractivity contribution is 6.33. The van der Waals surface area contributed by atoms with Crippen LogP contribution in [-0.4, -0.2) is 18.9 Å². The van der Waals surface area contributed by atoms with E-state index in [4.69, 9.17) is 23.2 Å². The second kappa shape index (κ2) is 7.14. The van der Waals surface area contributed by atoms with E-state index in [1.807, 2.05) is 60.7 Å². The van der Waals surface area contributed by atoms with E-state index in [1.165, 1.54) is 0 Å². The van der Waals surface area contributed by atoms with Crippen molar-refractivity contribution < 1.29 is 4.79 Å². The highest BCUT2D eigenvalue weighted by Crippen LogP contribution is 2.23. The molecule has 0 spiro atoms. The highest BCUT2D eigenvalue weighted by Gasteiger charge is 2.20. The molecule has 1 aliphatic rings. The zero-order valence-corrected chi connectivity index (χ0v) is 13.9. The largest absolute Gasteiger partial charge is 0.308 e. The molecule has 0 aliphatic carbocycles. The van der Waals surface area contributed by atoms with E-state index in [0.717, 1.165) is 11.1 Å². The Morgan fingerprint density at radius 1 is 0.783 bits per heavy atom. The lowest BCUT2D eigenvalue weighted by Crippen LogP contribution is -2.32. The van der Waals surface area contributed by atoms with E-state index >= 15 is 0 Å². The van der Waals surface area contributed by atoms with Crippen molar-refractivity contribution in [3.05, 3.63) is 80.8 Å². The summed E-state index contributed by atoms with van der Waals surface area (Å²) in [5, 5.41) is 4.52. The summed E-state index contributed by atoms with van der Waals surface area (Å²) in [7, 11) is 0. The first-order valence-corrected chi connectivity index (χ1v) is 8.06. The first-order chi connectivity index (χ1) is 11.1. The molecule has 0 atom stereocenters. The molecule has 2 aromatic carbocycles. The molecular weight excluding hydrogens is 329 g/mol. The second-order valence-electron chi connectivity index (χ2n) is 5.31. The van der Waals surface area contributed by atoms with Gasteiger partial charge in [0.05, 0.1) is 0 Å². The minimum atomic E-state index is 0.0311. The summed E-state index contributed by atoms with van der Waals surface area (Å²) in [4.78, 5) is 12.7. The van der Waals surface area contributed by atoms with Gasteiger partial charge in [-0.15, -0.1) is 0 Å². The summed E-state index contributed by atoms with van der Waals surface area (Å²) in [6.07, 6.45) is 3.69. The molecule has 1 saturated heterocycles.